The first-order valence-corrected chi connectivity index (χ1v) is 10.4. The van der Waals surface area contributed by atoms with Crippen LogP contribution in [0.4, 0.5) is 0 Å². The van der Waals surface area contributed by atoms with Gasteiger partial charge in [-0.15, -0.1) is 22.7 Å². The third-order valence-electron chi connectivity index (χ3n) is 4.83. The van der Waals surface area contributed by atoms with Gasteiger partial charge >= 0.3 is 0 Å². The number of H-pyrrole nitrogens is 1. The monoisotopic (exact) mass is 395 g/mol. The number of nitrogens with zero attached hydrogens (tertiary/aromatic N) is 4. The fraction of sp³-hybridized carbons (Fsp3) is 0.263. The van der Waals surface area contributed by atoms with Gasteiger partial charge in [0.1, 0.15) is 15.9 Å². The third kappa shape index (κ3) is 2.67. The van der Waals surface area contributed by atoms with E-state index in [1.807, 2.05) is 36.9 Å². The Balaban J connectivity index is 1.64. The smallest absolute Gasteiger partial charge is 0.266 e. The number of carbonyl (C=O) groups excluding carboxylic acids is 1. The molecule has 0 aliphatic carbocycles. The lowest BCUT2D eigenvalue weighted by molar-refractivity contribution is 0.0694. The predicted molar refractivity (Wildman–Crippen MR) is 106 cm³/mol. The van der Waals surface area contributed by atoms with Crippen molar-refractivity contribution in [3.63, 3.8) is 0 Å². The van der Waals surface area contributed by atoms with Crippen molar-refractivity contribution in [1.29, 1.82) is 0 Å². The average molecular weight is 396 g/mol. The molecule has 136 valence electrons. The fourth-order valence-corrected chi connectivity index (χ4v) is 5.57. The maximum absolute atomic E-state index is 13.4. The van der Waals surface area contributed by atoms with Crippen molar-refractivity contribution in [1.82, 2.24) is 24.8 Å². The summed E-state index contributed by atoms with van der Waals surface area (Å²) in [6.45, 7) is 4.46. The number of imidazole rings is 1. The number of fused-ring (bicyclic) bond motifs is 2. The normalized spacial score (nSPS) is 16.7. The molecule has 8 heteroatoms. The molecule has 0 unspecified atom stereocenters. The van der Waals surface area contributed by atoms with Crippen molar-refractivity contribution in [2.24, 2.45) is 0 Å². The zero-order valence-electron chi connectivity index (χ0n) is 14.9. The van der Waals surface area contributed by atoms with Crippen molar-refractivity contribution in [2.45, 2.75) is 26.3 Å². The first-order chi connectivity index (χ1) is 13.1. The molecule has 3 aromatic heterocycles. The lowest BCUT2D eigenvalue weighted by atomic mass is 10.0. The first-order valence-electron chi connectivity index (χ1n) is 8.74. The highest BCUT2D eigenvalue weighted by Crippen LogP contribution is 2.38. The zero-order valence-corrected chi connectivity index (χ0v) is 16.5. The molecule has 1 aliphatic rings. The van der Waals surface area contributed by atoms with Gasteiger partial charge in [-0.2, -0.15) is 0 Å². The molecule has 0 saturated carbocycles. The lowest BCUT2D eigenvalue weighted by Gasteiger charge is -2.33. The molecule has 0 fully saturated rings. The molecule has 27 heavy (non-hydrogen) atoms. The van der Waals surface area contributed by atoms with E-state index in [0.29, 0.717) is 11.4 Å². The average Bonchev–Trinajstić information content (AvgIpc) is 3.37. The van der Waals surface area contributed by atoms with Gasteiger partial charge in [-0.25, -0.2) is 15.0 Å². The Morgan fingerprint density at radius 1 is 1.22 bits per heavy atom. The molecular formula is C19H17N5OS2. The van der Waals surface area contributed by atoms with E-state index in [-0.39, 0.29) is 11.9 Å². The van der Waals surface area contributed by atoms with Crippen LogP contribution in [0, 0.1) is 13.8 Å². The number of amides is 1. The van der Waals surface area contributed by atoms with E-state index in [1.54, 1.807) is 17.7 Å². The number of aryl methyl sites for hydroxylation is 2. The SMILES string of the molecule is Cc1nc(C)c(C(=O)N2CCc3[nH]cnc3[C@H]2c2nc3ccccc3s2)s1. The van der Waals surface area contributed by atoms with Crippen LogP contribution in [-0.4, -0.2) is 37.3 Å². The van der Waals surface area contributed by atoms with Crippen LogP contribution in [0.25, 0.3) is 10.2 Å². The summed E-state index contributed by atoms with van der Waals surface area (Å²) in [6.07, 6.45) is 2.47. The maximum Gasteiger partial charge on any atom is 0.266 e. The molecule has 0 spiro atoms. The Morgan fingerprint density at radius 3 is 2.85 bits per heavy atom. The Hall–Kier alpha value is -2.58. The van der Waals surface area contributed by atoms with Gasteiger partial charge in [0.05, 0.1) is 32.9 Å². The van der Waals surface area contributed by atoms with Gasteiger partial charge < -0.3 is 9.88 Å². The minimum Gasteiger partial charge on any atom is -0.348 e. The molecule has 4 heterocycles. The van der Waals surface area contributed by atoms with Crippen LogP contribution >= 0.6 is 22.7 Å². The van der Waals surface area contributed by atoms with E-state index in [2.05, 4.69) is 21.0 Å². The second-order valence-corrected chi connectivity index (χ2v) is 8.85. The van der Waals surface area contributed by atoms with Crippen molar-refractivity contribution in [2.75, 3.05) is 6.54 Å². The molecule has 1 atom stereocenters. The summed E-state index contributed by atoms with van der Waals surface area (Å²) in [5, 5.41) is 1.81. The highest BCUT2D eigenvalue weighted by molar-refractivity contribution is 7.18. The second-order valence-electron chi connectivity index (χ2n) is 6.58. The number of aromatic nitrogens is 4. The Morgan fingerprint density at radius 2 is 2.07 bits per heavy atom. The van der Waals surface area contributed by atoms with E-state index in [0.717, 1.165) is 43.7 Å². The molecular weight excluding hydrogens is 378 g/mol. The standard InChI is InChI=1S/C19H17N5OS2/c1-10-17(26-11(2)22-10)19(25)24-8-7-13-15(21-9-20-13)16(24)18-23-12-5-3-4-6-14(12)27-18/h3-6,9,16H,7-8H2,1-2H3,(H,20,21)/t16-/m0/s1. The Labute approximate surface area is 163 Å². The molecule has 4 aromatic rings. The van der Waals surface area contributed by atoms with Crippen LogP contribution in [0.15, 0.2) is 30.6 Å². The molecule has 0 saturated heterocycles. The minimum absolute atomic E-state index is 0.0102. The van der Waals surface area contributed by atoms with Gasteiger partial charge in [0.2, 0.25) is 0 Å². The summed E-state index contributed by atoms with van der Waals surface area (Å²) < 4.78 is 1.12. The van der Waals surface area contributed by atoms with Crippen molar-refractivity contribution in [3.05, 3.63) is 62.6 Å². The van der Waals surface area contributed by atoms with Gasteiger partial charge in [-0.3, -0.25) is 4.79 Å². The summed E-state index contributed by atoms with van der Waals surface area (Å²) in [5.74, 6) is 0.0102. The summed E-state index contributed by atoms with van der Waals surface area (Å²) in [6, 6.07) is 7.79. The largest absolute Gasteiger partial charge is 0.348 e. The van der Waals surface area contributed by atoms with Crippen molar-refractivity contribution in [3.8, 4) is 0 Å². The number of aromatic amines is 1. The second kappa shape index (κ2) is 6.24. The molecule has 1 N–H and O–H groups in total. The van der Waals surface area contributed by atoms with Crippen molar-refractivity contribution >= 4 is 38.8 Å². The van der Waals surface area contributed by atoms with E-state index in [4.69, 9.17) is 4.98 Å². The minimum atomic E-state index is -0.272. The van der Waals surface area contributed by atoms with Gasteiger partial charge in [0, 0.05) is 18.7 Å². The topological polar surface area (TPSA) is 74.8 Å². The number of rotatable bonds is 2. The molecule has 1 amide bonds. The third-order valence-corrected chi connectivity index (χ3v) is 6.98. The first kappa shape index (κ1) is 16.6. The molecule has 0 radical (unpaired) electrons. The van der Waals surface area contributed by atoms with Crippen LogP contribution in [0.2, 0.25) is 0 Å². The lowest BCUT2D eigenvalue weighted by Crippen LogP contribution is -2.40. The predicted octanol–water partition coefficient (Wildman–Crippen LogP) is 3.88. The highest BCUT2D eigenvalue weighted by atomic mass is 32.1. The highest BCUT2D eigenvalue weighted by Gasteiger charge is 2.37. The van der Waals surface area contributed by atoms with E-state index in [1.165, 1.54) is 11.3 Å². The number of para-hydroxylation sites is 1. The number of carbonyl (C=O) groups is 1. The van der Waals surface area contributed by atoms with Crippen LogP contribution in [0.3, 0.4) is 0 Å². The van der Waals surface area contributed by atoms with Crippen LogP contribution in [0.5, 0.6) is 0 Å². The summed E-state index contributed by atoms with van der Waals surface area (Å²) in [4.78, 5) is 33.0. The van der Waals surface area contributed by atoms with Gasteiger partial charge in [-0.05, 0) is 26.0 Å². The number of nitrogens with one attached hydrogen (secondary N) is 1. The number of hydrogen-bond donors (Lipinski definition) is 1. The van der Waals surface area contributed by atoms with Crippen LogP contribution in [0.1, 0.15) is 42.8 Å². The van der Waals surface area contributed by atoms with Crippen LogP contribution in [-0.2, 0) is 6.42 Å². The molecule has 6 nitrogen and oxygen atoms in total. The zero-order chi connectivity index (χ0) is 18.5. The molecule has 1 aliphatic heterocycles. The van der Waals surface area contributed by atoms with E-state index in [9.17, 15) is 4.79 Å². The number of benzene rings is 1. The van der Waals surface area contributed by atoms with E-state index >= 15 is 0 Å². The quantitative estimate of drug-likeness (QED) is 0.559. The Kier molecular flexibility index (Phi) is 3.84. The van der Waals surface area contributed by atoms with Crippen LogP contribution < -0.4 is 0 Å². The summed E-state index contributed by atoms with van der Waals surface area (Å²) in [7, 11) is 0. The molecule has 1 aromatic carbocycles. The molecule has 5 rings (SSSR count). The fourth-order valence-electron chi connectivity index (χ4n) is 3.61. The number of thiazole rings is 2. The number of hydrogen-bond acceptors (Lipinski definition) is 6. The van der Waals surface area contributed by atoms with Gasteiger partial charge in [-0.1, -0.05) is 12.1 Å². The summed E-state index contributed by atoms with van der Waals surface area (Å²) in [5.41, 5.74) is 3.73. The Bertz CT molecular complexity index is 1120. The molecule has 0 bridgehead atoms. The van der Waals surface area contributed by atoms with Gasteiger partial charge in [0.15, 0.2) is 0 Å². The summed E-state index contributed by atoms with van der Waals surface area (Å²) >= 11 is 3.08. The van der Waals surface area contributed by atoms with Gasteiger partial charge in [0.25, 0.3) is 5.91 Å². The maximum atomic E-state index is 13.4. The van der Waals surface area contributed by atoms with Crippen molar-refractivity contribution < 1.29 is 4.79 Å². The van der Waals surface area contributed by atoms with E-state index < -0.39 is 0 Å².